The van der Waals surface area contributed by atoms with Crippen LogP contribution in [0.2, 0.25) is 0 Å². The number of aromatic amines is 1. The quantitative estimate of drug-likeness (QED) is 0.693. The predicted molar refractivity (Wildman–Crippen MR) is 91.7 cm³/mol. The van der Waals surface area contributed by atoms with E-state index in [9.17, 15) is 4.79 Å². The summed E-state index contributed by atoms with van der Waals surface area (Å²) in [5, 5.41) is 9.80. The fourth-order valence-corrected chi connectivity index (χ4v) is 4.48. The summed E-state index contributed by atoms with van der Waals surface area (Å²) in [5.41, 5.74) is 2.47. The lowest BCUT2D eigenvalue weighted by molar-refractivity contribution is 0.713. The second-order valence-corrected chi connectivity index (χ2v) is 6.94. The van der Waals surface area contributed by atoms with Gasteiger partial charge < -0.3 is 4.98 Å². The third-order valence-corrected chi connectivity index (χ3v) is 5.53. The number of aryl methyl sites for hydroxylation is 2. The van der Waals surface area contributed by atoms with E-state index < -0.39 is 0 Å². The Morgan fingerprint density at radius 1 is 1.22 bits per heavy atom. The van der Waals surface area contributed by atoms with E-state index in [1.54, 1.807) is 23.5 Å². The van der Waals surface area contributed by atoms with E-state index in [0.717, 1.165) is 35.0 Å². The molecule has 0 bridgehead atoms. The highest BCUT2D eigenvalue weighted by Crippen LogP contribution is 2.33. The third-order valence-electron chi connectivity index (χ3n) is 4.34. The molecule has 23 heavy (non-hydrogen) atoms. The molecule has 1 aliphatic rings. The molecule has 0 aliphatic heterocycles. The minimum atomic E-state index is -0.0632. The van der Waals surface area contributed by atoms with Crippen molar-refractivity contribution in [1.82, 2.24) is 9.97 Å². The van der Waals surface area contributed by atoms with Gasteiger partial charge in [-0.2, -0.15) is 5.26 Å². The molecule has 2 heterocycles. The molecule has 4 rings (SSSR count). The summed E-state index contributed by atoms with van der Waals surface area (Å²) in [7, 11) is 0. The van der Waals surface area contributed by atoms with Crippen LogP contribution in [0.1, 0.15) is 35.3 Å². The van der Waals surface area contributed by atoms with Crippen LogP contribution in [0.3, 0.4) is 0 Å². The normalized spacial score (nSPS) is 14.2. The minimum absolute atomic E-state index is 0.0632. The standard InChI is InChI=1S/C18H15N3OS/c19-10-11-5-4-6-12(9-11)16-20-17(22)15-13-7-2-1-3-8-14(13)23-18(15)21-16/h4-6,9H,1-3,7-8H2,(H,20,21,22). The molecule has 3 aromatic rings. The third kappa shape index (κ3) is 2.45. The van der Waals surface area contributed by atoms with Gasteiger partial charge in [-0.15, -0.1) is 11.3 Å². The number of fused-ring (bicyclic) bond motifs is 3. The topological polar surface area (TPSA) is 69.5 Å². The monoisotopic (exact) mass is 321 g/mol. The van der Waals surface area contributed by atoms with Gasteiger partial charge in [0.2, 0.25) is 0 Å². The first-order chi connectivity index (χ1) is 11.3. The lowest BCUT2D eigenvalue weighted by Gasteiger charge is -2.02. The molecule has 2 aromatic heterocycles. The van der Waals surface area contributed by atoms with Crippen molar-refractivity contribution in [3.05, 3.63) is 50.6 Å². The number of hydrogen-bond donors (Lipinski definition) is 1. The van der Waals surface area contributed by atoms with E-state index in [-0.39, 0.29) is 5.56 Å². The van der Waals surface area contributed by atoms with Crippen molar-refractivity contribution in [3.63, 3.8) is 0 Å². The molecular formula is C18H15N3OS. The molecule has 0 saturated carbocycles. The van der Waals surface area contributed by atoms with Gasteiger partial charge in [0.25, 0.3) is 5.56 Å². The first kappa shape index (κ1) is 14.2. The Kier molecular flexibility index (Phi) is 3.47. The van der Waals surface area contributed by atoms with Gasteiger partial charge in [0.15, 0.2) is 0 Å². The average molecular weight is 321 g/mol. The van der Waals surface area contributed by atoms with E-state index in [2.05, 4.69) is 16.0 Å². The first-order valence-corrected chi connectivity index (χ1v) is 8.63. The van der Waals surface area contributed by atoms with Crippen molar-refractivity contribution in [2.75, 3.05) is 0 Å². The molecule has 0 radical (unpaired) electrons. The van der Waals surface area contributed by atoms with Crippen LogP contribution in [0.5, 0.6) is 0 Å². The molecule has 0 spiro atoms. The maximum Gasteiger partial charge on any atom is 0.260 e. The van der Waals surface area contributed by atoms with E-state index >= 15 is 0 Å². The van der Waals surface area contributed by atoms with Gasteiger partial charge in [-0.25, -0.2) is 4.98 Å². The molecule has 1 aromatic carbocycles. The molecule has 0 fully saturated rings. The second-order valence-electron chi connectivity index (χ2n) is 5.85. The summed E-state index contributed by atoms with van der Waals surface area (Å²) in [6, 6.07) is 9.29. The zero-order valence-electron chi connectivity index (χ0n) is 12.6. The van der Waals surface area contributed by atoms with Crippen molar-refractivity contribution in [2.24, 2.45) is 0 Å². The van der Waals surface area contributed by atoms with E-state index in [1.165, 1.54) is 23.3 Å². The Balaban J connectivity index is 1.91. The largest absolute Gasteiger partial charge is 0.306 e. The van der Waals surface area contributed by atoms with E-state index in [0.29, 0.717) is 11.4 Å². The molecule has 0 atom stereocenters. The van der Waals surface area contributed by atoms with Crippen LogP contribution in [0.4, 0.5) is 0 Å². The zero-order chi connectivity index (χ0) is 15.8. The van der Waals surface area contributed by atoms with Crippen molar-refractivity contribution in [1.29, 1.82) is 5.26 Å². The van der Waals surface area contributed by atoms with Crippen LogP contribution in [0.25, 0.3) is 21.6 Å². The Hall–Kier alpha value is -2.45. The highest BCUT2D eigenvalue weighted by molar-refractivity contribution is 7.18. The van der Waals surface area contributed by atoms with Gasteiger partial charge in [-0.3, -0.25) is 4.79 Å². The fraction of sp³-hybridized carbons (Fsp3) is 0.278. The molecule has 1 aliphatic carbocycles. The summed E-state index contributed by atoms with van der Waals surface area (Å²) >= 11 is 1.65. The molecule has 1 N–H and O–H groups in total. The van der Waals surface area contributed by atoms with Gasteiger partial charge in [-0.05, 0) is 43.4 Å². The summed E-state index contributed by atoms with van der Waals surface area (Å²) in [6.07, 6.45) is 5.59. The van der Waals surface area contributed by atoms with Crippen molar-refractivity contribution in [3.8, 4) is 17.5 Å². The summed E-state index contributed by atoms with van der Waals surface area (Å²) in [4.78, 5) is 22.3. The smallest absolute Gasteiger partial charge is 0.260 e. The Morgan fingerprint density at radius 2 is 2.09 bits per heavy atom. The van der Waals surface area contributed by atoms with Crippen LogP contribution in [-0.4, -0.2) is 9.97 Å². The van der Waals surface area contributed by atoms with Crippen LogP contribution < -0.4 is 5.56 Å². The van der Waals surface area contributed by atoms with Crippen LogP contribution in [0, 0.1) is 11.3 Å². The molecule has 0 saturated heterocycles. The van der Waals surface area contributed by atoms with Crippen molar-refractivity contribution in [2.45, 2.75) is 32.1 Å². The lowest BCUT2D eigenvalue weighted by Crippen LogP contribution is -2.10. The highest BCUT2D eigenvalue weighted by Gasteiger charge is 2.19. The molecular weight excluding hydrogens is 306 g/mol. The van der Waals surface area contributed by atoms with Crippen LogP contribution >= 0.6 is 11.3 Å². The van der Waals surface area contributed by atoms with Crippen molar-refractivity contribution < 1.29 is 0 Å². The van der Waals surface area contributed by atoms with Gasteiger partial charge >= 0.3 is 0 Å². The predicted octanol–water partition coefficient (Wildman–Crippen LogP) is 3.79. The van der Waals surface area contributed by atoms with Crippen molar-refractivity contribution >= 4 is 21.6 Å². The maximum atomic E-state index is 12.6. The van der Waals surface area contributed by atoms with Gasteiger partial charge in [0.05, 0.1) is 17.0 Å². The first-order valence-electron chi connectivity index (χ1n) is 7.81. The van der Waals surface area contributed by atoms with Crippen LogP contribution in [0.15, 0.2) is 29.1 Å². The summed E-state index contributed by atoms with van der Waals surface area (Å²) in [5.74, 6) is 0.538. The lowest BCUT2D eigenvalue weighted by atomic mass is 10.1. The zero-order valence-corrected chi connectivity index (χ0v) is 13.4. The number of benzene rings is 1. The number of rotatable bonds is 1. The minimum Gasteiger partial charge on any atom is -0.306 e. The number of aromatic nitrogens is 2. The number of nitrogens with one attached hydrogen (secondary N) is 1. The summed E-state index contributed by atoms with van der Waals surface area (Å²) < 4.78 is 0. The van der Waals surface area contributed by atoms with Gasteiger partial charge in [0.1, 0.15) is 10.7 Å². The number of hydrogen-bond acceptors (Lipinski definition) is 4. The second kappa shape index (κ2) is 5.64. The average Bonchev–Trinajstić information content (AvgIpc) is 2.77. The molecule has 0 unspecified atom stereocenters. The number of nitrogens with zero attached hydrogens (tertiary/aromatic N) is 2. The Morgan fingerprint density at radius 3 is 2.96 bits per heavy atom. The Bertz CT molecular complexity index is 994. The molecule has 4 nitrogen and oxygen atoms in total. The fourth-order valence-electron chi connectivity index (χ4n) is 3.21. The van der Waals surface area contributed by atoms with Gasteiger partial charge in [0, 0.05) is 10.4 Å². The van der Waals surface area contributed by atoms with Crippen LogP contribution in [-0.2, 0) is 12.8 Å². The number of H-pyrrole nitrogens is 1. The van der Waals surface area contributed by atoms with Gasteiger partial charge in [-0.1, -0.05) is 18.6 Å². The van der Waals surface area contributed by atoms with E-state index in [1.807, 2.05) is 12.1 Å². The number of nitriles is 1. The molecule has 0 amide bonds. The molecule has 5 heteroatoms. The SMILES string of the molecule is N#Cc1cccc(-c2nc3sc4c(c3c(=O)[nH]2)CCCCC4)c1. The summed E-state index contributed by atoms with van der Waals surface area (Å²) in [6.45, 7) is 0. The molecule has 114 valence electrons. The Labute approximate surface area is 137 Å². The maximum absolute atomic E-state index is 12.6. The van der Waals surface area contributed by atoms with E-state index in [4.69, 9.17) is 5.26 Å². The highest BCUT2D eigenvalue weighted by atomic mass is 32.1. The number of thiophene rings is 1.